The molecule has 0 aliphatic carbocycles. The summed E-state index contributed by atoms with van der Waals surface area (Å²) < 4.78 is 0. The second-order valence-electron chi connectivity index (χ2n) is 7.98. The third-order valence-corrected chi connectivity index (χ3v) is 3.45. The molecule has 0 unspecified atom stereocenters. The van der Waals surface area contributed by atoms with E-state index in [9.17, 15) is 47.9 Å². The zero-order chi connectivity index (χ0) is 32.8. The van der Waals surface area contributed by atoms with Crippen LogP contribution in [0.4, 0.5) is 0 Å². The smallest absolute Gasteiger partial charge is 1.00 e. The quantitative estimate of drug-likeness (QED) is 0.103. The van der Waals surface area contributed by atoms with E-state index in [0.29, 0.717) is 0 Å². The summed E-state index contributed by atoms with van der Waals surface area (Å²) in [6.45, 7) is 6.89. The van der Waals surface area contributed by atoms with Gasteiger partial charge >= 0.3 is 119 Å². The Balaban J connectivity index is -0.0000000358. The molecule has 0 atom stereocenters. The molecule has 0 fully saturated rings. The summed E-state index contributed by atoms with van der Waals surface area (Å²) >= 11 is 0. The van der Waals surface area contributed by atoms with Crippen LogP contribution in [0.15, 0.2) is 0 Å². The van der Waals surface area contributed by atoms with Gasteiger partial charge in [0.25, 0.3) is 0 Å². The van der Waals surface area contributed by atoms with E-state index in [2.05, 4.69) is 0 Å². The van der Waals surface area contributed by atoms with Crippen LogP contribution >= 0.6 is 0 Å². The molecule has 0 aliphatic rings. The SMILES string of the molecule is CC(=O)CCC(=O)O.CC(=O)CCC(=O)O.CC(=O)CCC(=O)O.CC(=O)CCC(=O)O.CC(=O)CCC(=O)O.[H-].[H-].[H-].[Na+].[Na+].[Na+]. The van der Waals surface area contributed by atoms with Crippen LogP contribution in [-0.4, -0.2) is 84.3 Å². The monoisotopic (exact) mass is 652 g/mol. The number of carbonyl (C=O) groups excluding carboxylic acids is 5. The van der Waals surface area contributed by atoms with Gasteiger partial charge in [0, 0.05) is 32.1 Å². The van der Waals surface area contributed by atoms with Gasteiger partial charge in [0.15, 0.2) is 0 Å². The molecule has 0 aromatic heterocycles. The van der Waals surface area contributed by atoms with Gasteiger partial charge in [0.05, 0.1) is 32.1 Å². The fraction of sp³-hybridized carbons (Fsp3) is 0.600. The van der Waals surface area contributed by atoms with E-state index in [1.54, 1.807) is 0 Å². The second kappa shape index (κ2) is 42.8. The number of carboxylic acid groups (broad SMARTS) is 5. The van der Waals surface area contributed by atoms with Crippen molar-refractivity contribution in [2.24, 2.45) is 0 Å². The molecular formula is C25H43Na3O15. The fourth-order valence-corrected chi connectivity index (χ4v) is 1.41. The molecule has 5 N–H and O–H groups in total. The molecule has 0 saturated carbocycles. The standard InChI is InChI=1S/5C5H8O3.3Na.3H/c5*1-4(6)2-3-5(7)8;;;;;;/h5*2-3H2,1H3,(H,7,8);;;;;;/q;;;;;3*+1;3*-1. The summed E-state index contributed by atoms with van der Waals surface area (Å²) in [5.74, 6) is -4.96. The minimum absolute atomic E-state index is 0. The molecule has 0 rings (SSSR count). The predicted octanol–water partition coefficient (Wildman–Crippen LogP) is -6.45. The first-order valence-electron chi connectivity index (χ1n) is 11.7. The summed E-state index contributed by atoms with van der Waals surface area (Å²) in [4.78, 5) is 99.2. The Bertz CT molecular complexity index is 655. The summed E-state index contributed by atoms with van der Waals surface area (Å²) in [7, 11) is 0. The molecule has 0 aliphatic heterocycles. The molecule has 0 amide bonds. The third kappa shape index (κ3) is 109. The van der Waals surface area contributed by atoms with Crippen LogP contribution in [-0.2, 0) is 47.9 Å². The van der Waals surface area contributed by atoms with Crippen LogP contribution < -0.4 is 88.7 Å². The van der Waals surface area contributed by atoms with E-state index in [0.717, 1.165) is 0 Å². The van der Waals surface area contributed by atoms with Crippen LogP contribution in [0.25, 0.3) is 0 Å². The number of rotatable bonds is 15. The van der Waals surface area contributed by atoms with Gasteiger partial charge in [0.2, 0.25) is 0 Å². The molecule has 0 radical (unpaired) electrons. The van der Waals surface area contributed by atoms with Gasteiger partial charge in [-0.15, -0.1) is 0 Å². The molecule has 0 spiro atoms. The van der Waals surface area contributed by atoms with Crippen LogP contribution in [0, 0.1) is 0 Å². The summed E-state index contributed by atoms with van der Waals surface area (Å²) in [6.07, 6.45) is 0.509. The number of ketones is 5. The van der Waals surface area contributed by atoms with Gasteiger partial charge < -0.3 is 53.8 Å². The zero-order valence-corrected chi connectivity index (χ0v) is 32.4. The maximum absolute atomic E-state index is 10.1. The van der Waals surface area contributed by atoms with Crippen LogP contribution in [0.3, 0.4) is 0 Å². The molecule has 0 aromatic carbocycles. The van der Waals surface area contributed by atoms with Crippen molar-refractivity contribution in [1.29, 1.82) is 0 Å². The van der Waals surface area contributed by atoms with Crippen LogP contribution in [0.2, 0.25) is 0 Å². The number of carbonyl (C=O) groups is 10. The fourth-order valence-electron chi connectivity index (χ4n) is 1.41. The van der Waals surface area contributed by atoms with Gasteiger partial charge in [-0.2, -0.15) is 0 Å². The van der Waals surface area contributed by atoms with E-state index in [1.165, 1.54) is 34.6 Å². The molecule has 236 valence electrons. The number of hydrogen-bond donors (Lipinski definition) is 5. The normalized spacial score (nSPS) is 8.02. The predicted molar refractivity (Wildman–Crippen MR) is 141 cm³/mol. The van der Waals surface area contributed by atoms with Gasteiger partial charge in [-0.05, 0) is 34.6 Å². The van der Waals surface area contributed by atoms with E-state index < -0.39 is 29.8 Å². The average Bonchev–Trinajstić information content (AvgIpc) is 2.79. The molecule has 0 saturated heterocycles. The molecule has 43 heavy (non-hydrogen) atoms. The number of hydrogen-bond acceptors (Lipinski definition) is 10. The topological polar surface area (TPSA) is 272 Å². The largest absolute Gasteiger partial charge is 1.00 e. The zero-order valence-electron chi connectivity index (χ0n) is 29.4. The van der Waals surface area contributed by atoms with Gasteiger partial charge in [-0.25, -0.2) is 0 Å². The van der Waals surface area contributed by atoms with Gasteiger partial charge in [-0.3, -0.25) is 24.0 Å². The van der Waals surface area contributed by atoms with E-state index in [4.69, 9.17) is 25.5 Å². The number of Topliss-reactive ketones (excluding diaryl/α,β-unsaturated/α-hetero) is 5. The van der Waals surface area contributed by atoms with E-state index >= 15 is 0 Å². The van der Waals surface area contributed by atoms with E-state index in [-0.39, 0.29) is 186 Å². The van der Waals surface area contributed by atoms with Crippen molar-refractivity contribution < 1.29 is 166 Å². The van der Waals surface area contributed by atoms with Crippen LogP contribution in [0.5, 0.6) is 0 Å². The molecular weight excluding hydrogens is 609 g/mol. The Labute approximate surface area is 321 Å². The molecule has 0 bridgehead atoms. The van der Waals surface area contributed by atoms with Crippen molar-refractivity contribution >= 4 is 58.8 Å². The van der Waals surface area contributed by atoms with Crippen LogP contribution in [0.1, 0.15) is 103 Å². The molecule has 18 heteroatoms. The van der Waals surface area contributed by atoms with Crippen molar-refractivity contribution in [2.75, 3.05) is 0 Å². The Kier molecular flexibility index (Phi) is 60.6. The van der Waals surface area contributed by atoms with Crippen molar-refractivity contribution in [2.45, 2.75) is 98.8 Å². The van der Waals surface area contributed by atoms with E-state index in [1.807, 2.05) is 0 Å². The number of aliphatic carboxylic acids is 5. The minimum Gasteiger partial charge on any atom is -1.00 e. The third-order valence-electron chi connectivity index (χ3n) is 3.45. The Morgan fingerprint density at radius 1 is 0.302 bits per heavy atom. The average molecular weight is 653 g/mol. The molecule has 0 heterocycles. The minimum atomic E-state index is -0.916. The van der Waals surface area contributed by atoms with Crippen molar-refractivity contribution in [1.82, 2.24) is 0 Å². The number of carboxylic acids is 5. The van der Waals surface area contributed by atoms with Crippen molar-refractivity contribution in [3.63, 3.8) is 0 Å². The first-order valence-corrected chi connectivity index (χ1v) is 11.7. The Morgan fingerprint density at radius 3 is 0.419 bits per heavy atom. The maximum Gasteiger partial charge on any atom is 1.00 e. The first-order chi connectivity index (χ1) is 18.1. The van der Waals surface area contributed by atoms with Gasteiger partial charge in [-0.1, -0.05) is 0 Å². The van der Waals surface area contributed by atoms with Gasteiger partial charge in [0.1, 0.15) is 28.9 Å². The summed E-state index contributed by atoms with van der Waals surface area (Å²) in [5, 5.41) is 40.1. The summed E-state index contributed by atoms with van der Waals surface area (Å²) in [5.41, 5.74) is 0. The van der Waals surface area contributed by atoms with Crippen molar-refractivity contribution in [3.8, 4) is 0 Å². The van der Waals surface area contributed by atoms with Crippen molar-refractivity contribution in [3.05, 3.63) is 0 Å². The first kappa shape index (κ1) is 60.8. The summed E-state index contributed by atoms with van der Waals surface area (Å²) in [6, 6.07) is 0. The molecule has 0 aromatic rings. The Morgan fingerprint density at radius 2 is 0.395 bits per heavy atom. The second-order valence-corrected chi connectivity index (χ2v) is 7.98. The maximum atomic E-state index is 10.1. The Hall–Kier alpha value is -1.30. The molecule has 15 nitrogen and oxygen atoms in total.